The standard InChI is InChI=1S/C14H20N2O3/c1-14(2)9-19-7-6-16(14)12-5-4-10(15)8-11(12)13(17)18-3/h4-5,8H,6-7,9,15H2,1-3H3. The molecule has 5 heteroatoms. The molecule has 104 valence electrons. The lowest BCUT2D eigenvalue weighted by Crippen LogP contribution is -2.53. The zero-order chi connectivity index (χ0) is 14.0. The van der Waals surface area contributed by atoms with E-state index in [0.717, 1.165) is 12.2 Å². The SMILES string of the molecule is COC(=O)c1cc(N)ccc1N1CCOCC1(C)C. The van der Waals surface area contributed by atoms with Gasteiger partial charge in [-0.2, -0.15) is 0 Å². The first-order valence-electron chi connectivity index (χ1n) is 6.29. The zero-order valence-electron chi connectivity index (χ0n) is 11.6. The third-order valence-corrected chi connectivity index (χ3v) is 3.36. The predicted molar refractivity (Wildman–Crippen MR) is 74.4 cm³/mol. The average Bonchev–Trinajstić information content (AvgIpc) is 2.38. The number of anilines is 2. The number of nitrogen functional groups attached to an aromatic ring is 1. The Kier molecular flexibility index (Phi) is 3.66. The first kappa shape index (κ1) is 13.7. The van der Waals surface area contributed by atoms with Crippen LogP contribution in [0.5, 0.6) is 0 Å². The minimum atomic E-state index is -0.371. The molecule has 1 aromatic carbocycles. The van der Waals surface area contributed by atoms with E-state index in [2.05, 4.69) is 18.7 Å². The van der Waals surface area contributed by atoms with Gasteiger partial charge in [0.05, 0.1) is 37.1 Å². The van der Waals surface area contributed by atoms with Gasteiger partial charge in [0.2, 0.25) is 0 Å². The lowest BCUT2D eigenvalue weighted by atomic mass is 9.99. The van der Waals surface area contributed by atoms with Crippen LogP contribution in [0.4, 0.5) is 11.4 Å². The van der Waals surface area contributed by atoms with Crippen LogP contribution in [0, 0.1) is 0 Å². The van der Waals surface area contributed by atoms with Crippen LogP contribution >= 0.6 is 0 Å². The molecule has 0 unspecified atom stereocenters. The van der Waals surface area contributed by atoms with E-state index in [1.165, 1.54) is 7.11 Å². The minimum absolute atomic E-state index is 0.170. The Balaban J connectivity index is 2.46. The molecular formula is C14H20N2O3. The molecule has 2 N–H and O–H groups in total. The Bertz CT molecular complexity index is 486. The molecule has 0 aromatic heterocycles. The fourth-order valence-corrected chi connectivity index (χ4v) is 2.37. The quantitative estimate of drug-likeness (QED) is 0.650. The molecule has 1 heterocycles. The number of esters is 1. The largest absolute Gasteiger partial charge is 0.465 e. The molecular weight excluding hydrogens is 244 g/mol. The van der Waals surface area contributed by atoms with Gasteiger partial charge in [0.1, 0.15) is 0 Å². The Morgan fingerprint density at radius 3 is 2.84 bits per heavy atom. The number of hydrogen-bond acceptors (Lipinski definition) is 5. The molecule has 1 aliphatic rings. The number of rotatable bonds is 2. The molecule has 19 heavy (non-hydrogen) atoms. The van der Waals surface area contributed by atoms with Crippen molar-refractivity contribution in [3.63, 3.8) is 0 Å². The number of carbonyl (C=O) groups excluding carboxylic acids is 1. The summed E-state index contributed by atoms with van der Waals surface area (Å²) in [5, 5.41) is 0. The highest BCUT2D eigenvalue weighted by atomic mass is 16.5. The van der Waals surface area contributed by atoms with Crippen LogP contribution < -0.4 is 10.6 Å². The highest BCUT2D eigenvalue weighted by molar-refractivity contribution is 5.97. The van der Waals surface area contributed by atoms with Gasteiger partial charge in [-0.3, -0.25) is 0 Å². The summed E-state index contributed by atoms with van der Waals surface area (Å²) in [5.74, 6) is -0.371. The summed E-state index contributed by atoms with van der Waals surface area (Å²) >= 11 is 0. The molecule has 1 saturated heterocycles. The fourth-order valence-electron chi connectivity index (χ4n) is 2.37. The van der Waals surface area contributed by atoms with Gasteiger partial charge in [0, 0.05) is 12.2 Å². The van der Waals surface area contributed by atoms with Gasteiger partial charge >= 0.3 is 5.97 Å². The Hall–Kier alpha value is -1.75. The summed E-state index contributed by atoms with van der Waals surface area (Å²) < 4.78 is 10.3. The van der Waals surface area contributed by atoms with Crippen molar-refractivity contribution in [2.45, 2.75) is 19.4 Å². The topological polar surface area (TPSA) is 64.8 Å². The lowest BCUT2D eigenvalue weighted by molar-refractivity contribution is 0.0584. The van der Waals surface area contributed by atoms with Gasteiger partial charge in [-0.15, -0.1) is 0 Å². The second-order valence-electron chi connectivity index (χ2n) is 5.28. The predicted octanol–water partition coefficient (Wildman–Crippen LogP) is 1.67. The van der Waals surface area contributed by atoms with Gasteiger partial charge in [-0.25, -0.2) is 4.79 Å². The third-order valence-electron chi connectivity index (χ3n) is 3.36. The van der Waals surface area contributed by atoms with Crippen molar-refractivity contribution in [2.24, 2.45) is 0 Å². The van der Waals surface area contributed by atoms with E-state index in [4.69, 9.17) is 15.2 Å². The molecule has 2 rings (SSSR count). The van der Waals surface area contributed by atoms with Gasteiger partial charge in [-0.05, 0) is 32.0 Å². The second kappa shape index (κ2) is 5.09. The van der Waals surface area contributed by atoms with Crippen LogP contribution in [-0.2, 0) is 9.47 Å². The molecule has 1 fully saturated rings. The number of methoxy groups -OCH3 is 1. The Morgan fingerprint density at radius 2 is 2.21 bits per heavy atom. The number of nitrogens with two attached hydrogens (primary N) is 1. The molecule has 0 amide bonds. The van der Waals surface area contributed by atoms with Crippen LogP contribution in [0.25, 0.3) is 0 Å². The van der Waals surface area contributed by atoms with Gasteiger partial charge in [-0.1, -0.05) is 0 Å². The van der Waals surface area contributed by atoms with E-state index in [0.29, 0.717) is 24.5 Å². The van der Waals surface area contributed by atoms with Gasteiger partial charge in [0.15, 0.2) is 0 Å². The maximum Gasteiger partial charge on any atom is 0.340 e. The molecule has 0 radical (unpaired) electrons. The van der Waals surface area contributed by atoms with Gasteiger partial charge < -0.3 is 20.1 Å². The van der Waals surface area contributed by atoms with Crippen molar-refractivity contribution in [2.75, 3.05) is 37.5 Å². The minimum Gasteiger partial charge on any atom is -0.465 e. The maximum absolute atomic E-state index is 11.9. The molecule has 0 bridgehead atoms. The lowest BCUT2D eigenvalue weighted by Gasteiger charge is -2.44. The summed E-state index contributed by atoms with van der Waals surface area (Å²) in [4.78, 5) is 14.1. The average molecular weight is 264 g/mol. The summed E-state index contributed by atoms with van der Waals surface area (Å²) in [7, 11) is 1.37. The smallest absolute Gasteiger partial charge is 0.340 e. The zero-order valence-corrected chi connectivity index (χ0v) is 11.6. The van der Waals surface area contributed by atoms with Crippen LogP contribution in [0.1, 0.15) is 24.2 Å². The Labute approximate surface area is 113 Å². The number of ether oxygens (including phenoxy) is 2. The summed E-state index contributed by atoms with van der Waals surface area (Å²) in [6.07, 6.45) is 0. The number of nitrogens with zero attached hydrogens (tertiary/aromatic N) is 1. The van der Waals surface area contributed by atoms with Gasteiger partial charge in [0.25, 0.3) is 0 Å². The highest BCUT2D eigenvalue weighted by Gasteiger charge is 2.33. The molecule has 1 aliphatic heterocycles. The summed E-state index contributed by atoms with van der Waals surface area (Å²) in [6.45, 7) is 6.18. The second-order valence-corrected chi connectivity index (χ2v) is 5.28. The van der Waals surface area contributed by atoms with Crippen LogP contribution in [0.3, 0.4) is 0 Å². The highest BCUT2D eigenvalue weighted by Crippen LogP contribution is 2.31. The van der Waals surface area contributed by atoms with Crippen LogP contribution in [-0.4, -0.2) is 38.4 Å². The summed E-state index contributed by atoms with van der Waals surface area (Å²) in [6, 6.07) is 5.33. The molecule has 5 nitrogen and oxygen atoms in total. The van der Waals surface area contributed by atoms with Crippen molar-refractivity contribution in [1.82, 2.24) is 0 Å². The normalized spacial score (nSPS) is 18.2. The maximum atomic E-state index is 11.9. The van der Waals surface area contributed by atoms with Crippen molar-refractivity contribution in [1.29, 1.82) is 0 Å². The molecule has 0 atom stereocenters. The Morgan fingerprint density at radius 1 is 1.47 bits per heavy atom. The van der Waals surface area contributed by atoms with E-state index in [1.54, 1.807) is 12.1 Å². The first-order valence-corrected chi connectivity index (χ1v) is 6.29. The fraction of sp³-hybridized carbons (Fsp3) is 0.500. The molecule has 0 spiro atoms. The summed E-state index contributed by atoms with van der Waals surface area (Å²) in [5.41, 5.74) is 7.49. The monoisotopic (exact) mass is 264 g/mol. The molecule has 0 saturated carbocycles. The first-order chi connectivity index (χ1) is 8.95. The number of hydrogen-bond donors (Lipinski definition) is 1. The van der Waals surface area contributed by atoms with E-state index >= 15 is 0 Å². The van der Waals surface area contributed by atoms with E-state index in [1.807, 2.05) is 6.07 Å². The molecule has 0 aliphatic carbocycles. The number of carbonyl (C=O) groups is 1. The van der Waals surface area contributed by atoms with E-state index < -0.39 is 0 Å². The van der Waals surface area contributed by atoms with Crippen LogP contribution in [0.15, 0.2) is 18.2 Å². The van der Waals surface area contributed by atoms with Crippen molar-refractivity contribution >= 4 is 17.3 Å². The van der Waals surface area contributed by atoms with Crippen LogP contribution in [0.2, 0.25) is 0 Å². The van der Waals surface area contributed by atoms with Crippen molar-refractivity contribution in [3.8, 4) is 0 Å². The van der Waals surface area contributed by atoms with Crippen molar-refractivity contribution < 1.29 is 14.3 Å². The van der Waals surface area contributed by atoms with Crippen molar-refractivity contribution in [3.05, 3.63) is 23.8 Å². The van der Waals surface area contributed by atoms with E-state index in [-0.39, 0.29) is 11.5 Å². The van der Waals surface area contributed by atoms with E-state index in [9.17, 15) is 4.79 Å². The molecule has 1 aromatic rings. The number of morpholine rings is 1. The third kappa shape index (κ3) is 2.66. The number of benzene rings is 1.